The van der Waals surface area contributed by atoms with Gasteiger partial charge in [0.25, 0.3) is 0 Å². The molecule has 0 aliphatic heterocycles. The molecule has 1 aromatic heterocycles. The highest BCUT2D eigenvalue weighted by Gasteiger charge is 2.13. The number of carbonyl (C=O) groups is 2. The lowest BCUT2D eigenvalue weighted by atomic mass is 10.2. The van der Waals surface area contributed by atoms with E-state index in [1.165, 1.54) is 18.4 Å². The number of aryl methyl sites for hydroxylation is 1. The minimum Gasteiger partial charge on any atom is -0.375 e. The lowest BCUT2D eigenvalue weighted by Gasteiger charge is -2.13. The number of hydrogen-bond acceptors (Lipinski definition) is 5. The summed E-state index contributed by atoms with van der Waals surface area (Å²) in [5, 5.41) is 11.0. The second-order valence-electron chi connectivity index (χ2n) is 5.21. The summed E-state index contributed by atoms with van der Waals surface area (Å²) in [6, 6.07) is 6.36. The summed E-state index contributed by atoms with van der Waals surface area (Å²) in [7, 11) is 1.45. The molecule has 0 saturated carbocycles. The number of methoxy groups -OCH3 is 1. The van der Waals surface area contributed by atoms with Gasteiger partial charge in [0.2, 0.25) is 5.91 Å². The highest BCUT2D eigenvalue weighted by Crippen LogP contribution is 2.18. The van der Waals surface area contributed by atoms with E-state index in [4.69, 9.17) is 4.74 Å². The van der Waals surface area contributed by atoms with E-state index in [1.807, 2.05) is 19.2 Å². The summed E-state index contributed by atoms with van der Waals surface area (Å²) in [5.41, 5.74) is 2.09. The maximum atomic E-state index is 12.1. The van der Waals surface area contributed by atoms with Crippen LogP contribution in [0, 0.1) is 6.92 Å². The van der Waals surface area contributed by atoms with Gasteiger partial charge in [-0.15, -0.1) is 11.3 Å². The number of urea groups is 1. The summed E-state index contributed by atoms with van der Waals surface area (Å²) >= 11 is 1.51. The molecule has 1 aromatic carbocycles. The molecule has 8 heteroatoms. The van der Waals surface area contributed by atoms with E-state index in [9.17, 15) is 9.59 Å². The molecule has 3 N–H and O–H groups in total. The number of rotatable bonds is 6. The van der Waals surface area contributed by atoms with Gasteiger partial charge in [-0.3, -0.25) is 4.79 Å². The highest BCUT2D eigenvalue weighted by atomic mass is 32.1. The van der Waals surface area contributed by atoms with E-state index in [0.29, 0.717) is 11.4 Å². The van der Waals surface area contributed by atoms with E-state index < -0.39 is 0 Å². The van der Waals surface area contributed by atoms with Gasteiger partial charge in [0, 0.05) is 29.6 Å². The van der Waals surface area contributed by atoms with Crippen molar-refractivity contribution in [3.63, 3.8) is 0 Å². The molecule has 128 valence electrons. The number of carbonyl (C=O) groups excluding carboxylic acids is 2. The number of nitrogens with zero attached hydrogens (tertiary/aromatic N) is 1. The summed E-state index contributed by atoms with van der Waals surface area (Å²) < 4.78 is 4.76. The maximum Gasteiger partial charge on any atom is 0.319 e. The second-order valence-corrected chi connectivity index (χ2v) is 6.10. The lowest BCUT2D eigenvalue weighted by molar-refractivity contribution is -0.119. The third-order valence-electron chi connectivity index (χ3n) is 3.03. The van der Waals surface area contributed by atoms with Crippen LogP contribution in [-0.4, -0.2) is 30.6 Å². The fourth-order valence-electron chi connectivity index (χ4n) is 2.00. The molecule has 7 nitrogen and oxygen atoms in total. The van der Waals surface area contributed by atoms with Crippen LogP contribution in [0.4, 0.5) is 16.2 Å². The Balaban J connectivity index is 1.92. The zero-order valence-electron chi connectivity index (χ0n) is 13.8. The van der Waals surface area contributed by atoms with Crippen LogP contribution in [0.25, 0.3) is 0 Å². The number of aromatic nitrogens is 1. The minimum absolute atomic E-state index is 0.0249. The normalized spacial score (nSPS) is 11.6. The van der Waals surface area contributed by atoms with Gasteiger partial charge in [0.1, 0.15) is 11.6 Å². The van der Waals surface area contributed by atoms with Crippen LogP contribution in [-0.2, 0) is 9.53 Å². The third-order valence-corrected chi connectivity index (χ3v) is 4.18. The molecular formula is C16H20N4O3S. The minimum atomic E-state index is -0.337. The van der Waals surface area contributed by atoms with Crippen LogP contribution < -0.4 is 16.0 Å². The molecule has 0 saturated heterocycles. The first-order valence-electron chi connectivity index (χ1n) is 7.36. The number of benzene rings is 1. The molecule has 0 unspecified atom stereocenters. The van der Waals surface area contributed by atoms with E-state index >= 15 is 0 Å². The van der Waals surface area contributed by atoms with Gasteiger partial charge in [-0.2, -0.15) is 0 Å². The van der Waals surface area contributed by atoms with Gasteiger partial charge in [-0.25, -0.2) is 9.78 Å². The van der Waals surface area contributed by atoms with E-state index in [1.54, 1.807) is 24.3 Å². The fraction of sp³-hybridized carbons (Fsp3) is 0.312. The molecule has 0 aliphatic rings. The first-order chi connectivity index (χ1) is 11.5. The average Bonchev–Trinajstić information content (AvgIpc) is 2.94. The van der Waals surface area contributed by atoms with Gasteiger partial charge in [-0.05, 0) is 32.0 Å². The average molecular weight is 348 g/mol. The number of thiazole rings is 1. The molecule has 2 rings (SSSR count). The number of hydrogen-bond donors (Lipinski definition) is 3. The van der Waals surface area contributed by atoms with Crippen molar-refractivity contribution < 1.29 is 14.3 Å². The van der Waals surface area contributed by atoms with Crippen LogP contribution >= 0.6 is 11.3 Å². The Kier molecular flexibility index (Phi) is 6.28. The number of nitrogens with one attached hydrogen (secondary N) is 3. The zero-order valence-corrected chi connectivity index (χ0v) is 14.6. The lowest BCUT2D eigenvalue weighted by Crippen LogP contribution is -2.31. The van der Waals surface area contributed by atoms with E-state index in [-0.39, 0.29) is 24.6 Å². The molecule has 3 amide bonds. The van der Waals surface area contributed by atoms with Crippen molar-refractivity contribution in [1.82, 2.24) is 10.3 Å². The highest BCUT2D eigenvalue weighted by molar-refractivity contribution is 7.09. The molecule has 0 fully saturated rings. The summed E-state index contributed by atoms with van der Waals surface area (Å²) in [4.78, 5) is 27.9. The molecule has 0 bridgehead atoms. The predicted molar refractivity (Wildman–Crippen MR) is 94.4 cm³/mol. The van der Waals surface area contributed by atoms with Crippen molar-refractivity contribution in [2.45, 2.75) is 19.9 Å². The van der Waals surface area contributed by atoms with Crippen molar-refractivity contribution >= 4 is 34.6 Å². The Bertz CT molecular complexity index is 717. The topological polar surface area (TPSA) is 92.4 Å². The first-order valence-corrected chi connectivity index (χ1v) is 8.24. The van der Waals surface area contributed by atoms with Crippen LogP contribution in [0.15, 0.2) is 29.6 Å². The van der Waals surface area contributed by atoms with Crippen molar-refractivity contribution in [2.75, 3.05) is 24.4 Å². The van der Waals surface area contributed by atoms with E-state index in [2.05, 4.69) is 20.9 Å². The Morgan fingerprint density at radius 3 is 2.62 bits per heavy atom. The first kappa shape index (κ1) is 17.9. The van der Waals surface area contributed by atoms with Gasteiger partial charge in [0.15, 0.2) is 0 Å². The monoisotopic (exact) mass is 348 g/mol. The van der Waals surface area contributed by atoms with Crippen molar-refractivity contribution in [3.8, 4) is 0 Å². The molecular weight excluding hydrogens is 328 g/mol. The Morgan fingerprint density at radius 2 is 2.00 bits per heavy atom. The Hall–Kier alpha value is -2.45. The smallest absolute Gasteiger partial charge is 0.319 e. The van der Waals surface area contributed by atoms with Gasteiger partial charge < -0.3 is 20.7 Å². The molecule has 0 spiro atoms. The maximum absolute atomic E-state index is 12.1. The number of anilines is 2. The van der Waals surface area contributed by atoms with E-state index in [0.717, 1.165) is 10.7 Å². The molecule has 1 atom stereocenters. The van der Waals surface area contributed by atoms with Crippen LogP contribution in [0.2, 0.25) is 0 Å². The van der Waals surface area contributed by atoms with Crippen LogP contribution in [0.1, 0.15) is 23.7 Å². The predicted octanol–water partition coefficient (Wildman–Crippen LogP) is 2.92. The Labute approximate surface area is 144 Å². The van der Waals surface area contributed by atoms with Crippen molar-refractivity contribution in [3.05, 3.63) is 40.3 Å². The third kappa shape index (κ3) is 5.32. The number of amides is 3. The quantitative estimate of drug-likeness (QED) is 0.748. The number of ether oxygens (including phenoxy) is 1. The molecule has 0 radical (unpaired) electrons. The van der Waals surface area contributed by atoms with Crippen LogP contribution in [0.3, 0.4) is 0 Å². The standard InChI is InChI=1S/C16H20N4O3S/c1-10-9-24-15(17-10)11(2)18-16(22)20-13-6-4-5-12(7-13)19-14(21)8-23-3/h4-7,9,11H,8H2,1-3H3,(H,19,21)(H2,18,20,22)/t11-/m1/s1. The zero-order chi connectivity index (χ0) is 17.5. The van der Waals surface area contributed by atoms with Crippen molar-refractivity contribution in [1.29, 1.82) is 0 Å². The summed E-state index contributed by atoms with van der Waals surface area (Å²) in [6.07, 6.45) is 0. The molecule has 0 aliphatic carbocycles. The molecule has 1 heterocycles. The summed E-state index contributed by atoms with van der Waals surface area (Å²) in [6.45, 7) is 3.76. The van der Waals surface area contributed by atoms with Gasteiger partial charge in [0.05, 0.1) is 6.04 Å². The van der Waals surface area contributed by atoms with Gasteiger partial charge in [-0.1, -0.05) is 6.07 Å². The largest absolute Gasteiger partial charge is 0.375 e. The SMILES string of the molecule is COCC(=O)Nc1cccc(NC(=O)N[C@H](C)c2nc(C)cs2)c1. The van der Waals surface area contributed by atoms with Crippen LogP contribution in [0.5, 0.6) is 0 Å². The van der Waals surface area contributed by atoms with Gasteiger partial charge >= 0.3 is 6.03 Å². The fourth-order valence-corrected chi connectivity index (χ4v) is 2.80. The molecule has 24 heavy (non-hydrogen) atoms. The molecule has 2 aromatic rings. The Morgan fingerprint density at radius 1 is 1.29 bits per heavy atom. The summed E-state index contributed by atoms with van der Waals surface area (Å²) in [5.74, 6) is -0.258. The second kappa shape index (κ2) is 8.42. The van der Waals surface area contributed by atoms with Crippen molar-refractivity contribution in [2.24, 2.45) is 0 Å².